The molecule has 2 heterocycles. The Morgan fingerprint density at radius 2 is 1.61 bits per heavy atom. The number of hydrogen-bond donors (Lipinski definition) is 1. The van der Waals surface area contributed by atoms with Gasteiger partial charge in [-0.25, -0.2) is 0 Å². The van der Waals surface area contributed by atoms with Crippen LogP contribution in [0.15, 0.2) is 53.2 Å². The zero-order valence-corrected chi connectivity index (χ0v) is 9.32. The summed E-state index contributed by atoms with van der Waals surface area (Å²) in [7, 11) is 0. The Labute approximate surface area is 103 Å². The van der Waals surface area contributed by atoms with Gasteiger partial charge in [-0.3, -0.25) is 4.98 Å². The van der Waals surface area contributed by atoms with Gasteiger partial charge in [0.1, 0.15) is 5.75 Å². The summed E-state index contributed by atoms with van der Waals surface area (Å²) in [6.07, 6.45) is 3.34. The predicted octanol–water partition coefficient (Wildman–Crippen LogP) is 2.50. The second-order valence-electron chi connectivity index (χ2n) is 3.70. The van der Waals surface area contributed by atoms with Crippen molar-refractivity contribution in [2.24, 2.45) is 0 Å². The average molecular weight is 239 g/mol. The molecular weight excluding hydrogens is 230 g/mol. The first-order chi connectivity index (χ1) is 8.83. The molecule has 0 saturated carbocycles. The van der Waals surface area contributed by atoms with E-state index in [2.05, 4.69) is 15.2 Å². The molecule has 0 bridgehead atoms. The van der Waals surface area contributed by atoms with Crippen molar-refractivity contribution < 1.29 is 9.52 Å². The minimum absolute atomic E-state index is 0.200. The zero-order chi connectivity index (χ0) is 12.4. The van der Waals surface area contributed by atoms with E-state index in [9.17, 15) is 5.11 Å². The summed E-state index contributed by atoms with van der Waals surface area (Å²) in [4.78, 5) is 3.99. The van der Waals surface area contributed by atoms with Crippen LogP contribution in [0.1, 0.15) is 0 Å². The third-order valence-corrected chi connectivity index (χ3v) is 2.45. The largest absolute Gasteiger partial charge is 0.508 e. The third-order valence-electron chi connectivity index (χ3n) is 2.45. The van der Waals surface area contributed by atoms with E-state index in [4.69, 9.17) is 4.42 Å². The fourth-order valence-electron chi connectivity index (χ4n) is 1.55. The first-order valence-electron chi connectivity index (χ1n) is 5.36. The van der Waals surface area contributed by atoms with Crippen molar-refractivity contribution in [3.05, 3.63) is 48.8 Å². The molecule has 0 atom stereocenters. The van der Waals surface area contributed by atoms with Crippen molar-refractivity contribution in [1.82, 2.24) is 15.2 Å². The van der Waals surface area contributed by atoms with Crippen LogP contribution >= 0.6 is 0 Å². The molecule has 0 spiro atoms. The zero-order valence-electron chi connectivity index (χ0n) is 9.32. The van der Waals surface area contributed by atoms with E-state index in [1.54, 1.807) is 42.7 Å². The van der Waals surface area contributed by atoms with Crippen LogP contribution in [0.4, 0.5) is 0 Å². The lowest BCUT2D eigenvalue weighted by Crippen LogP contribution is -1.78. The van der Waals surface area contributed by atoms with E-state index in [-0.39, 0.29) is 5.75 Å². The lowest BCUT2D eigenvalue weighted by atomic mass is 10.2. The summed E-state index contributed by atoms with van der Waals surface area (Å²) in [5, 5.41) is 17.1. The van der Waals surface area contributed by atoms with Crippen molar-refractivity contribution in [3.8, 4) is 28.7 Å². The summed E-state index contributed by atoms with van der Waals surface area (Å²) in [5.41, 5.74) is 1.53. The van der Waals surface area contributed by atoms with Crippen LogP contribution in [0.5, 0.6) is 5.75 Å². The van der Waals surface area contributed by atoms with Crippen molar-refractivity contribution in [1.29, 1.82) is 0 Å². The molecule has 18 heavy (non-hydrogen) atoms. The Bertz CT molecular complexity index is 648. The number of phenols is 1. The van der Waals surface area contributed by atoms with Gasteiger partial charge in [0.15, 0.2) is 0 Å². The van der Waals surface area contributed by atoms with Crippen LogP contribution in [0.2, 0.25) is 0 Å². The van der Waals surface area contributed by atoms with Crippen molar-refractivity contribution in [2.75, 3.05) is 0 Å². The third kappa shape index (κ3) is 1.93. The second-order valence-corrected chi connectivity index (χ2v) is 3.70. The van der Waals surface area contributed by atoms with E-state index in [0.717, 1.165) is 11.1 Å². The highest BCUT2D eigenvalue weighted by Crippen LogP contribution is 2.24. The average Bonchev–Trinajstić information content (AvgIpc) is 2.90. The molecule has 0 fully saturated rings. The van der Waals surface area contributed by atoms with Gasteiger partial charge in [-0.1, -0.05) is 0 Å². The molecule has 0 unspecified atom stereocenters. The van der Waals surface area contributed by atoms with E-state index >= 15 is 0 Å². The summed E-state index contributed by atoms with van der Waals surface area (Å²) < 4.78 is 5.55. The number of aromatic hydroxyl groups is 1. The minimum atomic E-state index is 0.200. The molecule has 2 aromatic heterocycles. The minimum Gasteiger partial charge on any atom is -0.508 e. The fourth-order valence-corrected chi connectivity index (χ4v) is 1.55. The highest BCUT2D eigenvalue weighted by Gasteiger charge is 2.10. The number of nitrogens with zero attached hydrogens (tertiary/aromatic N) is 3. The predicted molar refractivity (Wildman–Crippen MR) is 64.6 cm³/mol. The number of phenolic OH excluding ortho intramolecular Hbond substituents is 1. The SMILES string of the molecule is Oc1ccc(-c2nnc(-c3cccnc3)o2)cc1. The summed E-state index contributed by atoms with van der Waals surface area (Å²) in [5.74, 6) is 1.03. The van der Waals surface area contributed by atoms with Crippen molar-refractivity contribution in [3.63, 3.8) is 0 Å². The number of benzene rings is 1. The maximum Gasteiger partial charge on any atom is 0.249 e. The van der Waals surface area contributed by atoms with Gasteiger partial charge in [-0.05, 0) is 36.4 Å². The smallest absolute Gasteiger partial charge is 0.249 e. The first kappa shape index (κ1) is 10.5. The maximum atomic E-state index is 9.21. The number of aromatic nitrogens is 3. The van der Waals surface area contributed by atoms with Gasteiger partial charge in [0.05, 0.1) is 5.56 Å². The van der Waals surface area contributed by atoms with Gasteiger partial charge in [0.25, 0.3) is 0 Å². The van der Waals surface area contributed by atoms with E-state index in [1.807, 2.05) is 6.07 Å². The molecule has 5 heteroatoms. The van der Waals surface area contributed by atoms with Gasteiger partial charge >= 0.3 is 0 Å². The Hall–Kier alpha value is -2.69. The van der Waals surface area contributed by atoms with E-state index in [1.165, 1.54) is 0 Å². The number of rotatable bonds is 2. The molecule has 0 radical (unpaired) electrons. The summed E-state index contributed by atoms with van der Waals surface area (Å²) in [6, 6.07) is 10.2. The quantitative estimate of drug-likeness (QED) is 0.743. The van der Waals surface area contributed by atoms with E-state index < -0.39 is 0 Å². The van der Waals surface area contributed by atoms with Crippen LogP contribution < -0.4 is 0 Å². The van der Waals surface area contributed by atoms with Gasteiger partial charge in [-0.2, -0.15) is 0 Å². The van der Waals surface area contributed by atoms with Crippen LogP contribution in [0.3, 0.4) is 0 Å². The molecule has 0 amide bonds. The Balaban J connectivity index is 1.97. The lowest BCUT2D eigenvalue weighted by molar-refractivity contribution is 0.475. The van der Waals surface area contributed by atoms with Crippen LogP contribution in [0.25, 0.3) is 22.9 Å². The van der Waals surface area contributed by atoms with E-state index in [0.29, 0.717) is 11.8 Å². The Morgan fingerprint density at radius 3 is 2.28 bits per heavy atom. The van der Waals surface area contributed by atoms with Gasteiger partial charge in [0.2, 0.25) is 11.8 Å². The monoisotopic (exact) mass is 239 g/mol. The van der Waals surface area contributed by atoms with Crippen molar-refractivity contribution in [2.45, 2.75) is 0 Å². The van der Waals surface area contributed by atoms with Gasteiger partial charge < -0.3 is 9.52 Å². The Kier molecular flexibility index (Phi) is 2.49. The molecule has 0 saturated heterocycles. The second kappa shape index (κ2) is 4.29. The van der Waals surface area contributed by atoms with Crippen LogP contribution in [-0.2, 0) is 0 Å². The molecule has 88 valence electrons. The number of hydrogen-bond acceptors (Lipinski definition) is 5. The molecule has 0 aliphatic heterocycles. The van der Waals surface area contributed by atoms with Crippen molar-refractivity contribution >= 4 is 0 Å². The molecular formula is C13H9N3O2. The molecule has 3 rings (SSSR count). The first-order valence-corrected chi connectivity index (χ1v) is 5.36. The van der Waals surface area contributed by atoms with Crippen LogP contribution in [-0.4, -0.2) is 20.3 Å². The lowest BCUT2D eigenvalue weighted by Gasteiger charge is -1.95. The Morgan fingerprint density at radius 1 is 0.889 bits per heavy atom. The standard InChI is InChI=1S/C13H9N3O2/c17-11-5-3-9(4-6-11)12-15-16-13(18-12)10-2-1-7-14-8-10/h1-8,17H. The fraction of sp³-hybridized carbons (Fsp3) is 0. The molecule has 0 aliphatic rings. The molecule has 3 aromatic rings. The van der Waals surface area contributed by atoms with Gasteiger partial charge in [-0.15, -0.1) is 10.2 Å². The number of pyridine rings is 1. The topological polar surface area (TPSA) is 72.0 Å². The highest BCUT2D eigenvalue weighted by molar-refractivity contribution is 5.57. The normalized spacial score (nSPS) is 10.4. The highest BCUT2D eigenvalue weighted by atomic mass is 16.4. The van der Waals surface area contributed by atoms with Crippen LogP contribution in [0, 0.1) is 0 Å². The molecule has 5 nitrogen and oxygen atoms in total. The molecule has 1 N–H and O–H groups in total. The summed E-state index contributed by atoms with van der Waals surface area (Å²) >= 11 is 0. The molecule has 0 aliphatic carbocycles. The summed E-state index contributed by atoms with van der Waals surface area (Å²) in [6.45, 7) is 0. The maximum absolute atomic E-state index is 9.21. The van der Waals surface area contributed by atoms with Gasteiger partial charge in [0, 0.05) is 18.0 Å². The molecule has 1 aromatic carbocycles.